The molecule has 0 unspecified atom stereocenters. The van der Waals surface area contributed by atoms with Gasteiger partial charge in [-0.3, -0.25) is 0 Å². The Kier molecular flexibility index (Phi) is 5.24. The van der Waals surface area contributed by atoms with Gasteiger partial charge >= 0.3 is 0 Å². The number of aryl methyl sites for hydroxylation is 1. The van der Waals surface area contributed by atoms with E-state index in [1.807, 2.05) is 32.2 Å². The van der Waals surface area contributed by atoms with Crippen molar-refractivity contribution in [3.05, 3.63) is 29.6 Å². The van der Waals surface area contributed by atoms with Gasteiger partial charge in [0.1, 0.15) is 5.82 Å². The zero-order chi connectivity index (χ0) is 16.3. The minimum Gasteiger partial charge on any atom is -0.331 e. The highest BCUT2D eigenvalue weighted by Gasteiger charge is 2.12. The van der Waals surface area contributed by atoms with Crippen molar-refractivity contribution in [2.45, 2.75) is 46.1 Å². The van der Waals surface area contributed by atoms with Crippen molar-refractivity contribution >= 4 is 21.1 Å². The summed E-state index contributed by atoms with van der Waals surface area (Å²) < 4.78 is 28.4. The Balaban J connectivity index is 2.16. The van der Waals surface area contributed by atoms with Gasteiger partial charge in [0, 0.05) is 19.5 Å². The minimum atomic E-state index is -3.19. The highest BCUT2D eigenvalue weighted by molar-refractivity contribution is 7.89. The van der Waals surface area contributed by atoms with E-state index in [4.69, 9.17) is 0 Å². The van der Waals surface area contributed by atoms with E-state index in [2.05, 4.69) is 28.1 Å². The molecule has 122 valence electrons. The lowest BCUT2D eigenvalue weighted by molar-refractivity contribution is 0.578. The topological polar surface area (TPSA) is 64.0 Å². The third-order valence-corrected chi connectivity index (χ3v) is 5.17. The molecule has 0 aliphatic carbocycles. The molecule has 0 spiro atoms. The van der Waals surface area contributed by atoms with Crippen molar-refractivity contribution in [1.29, 1.82) is 0 Å². The summed E-state index contributed by atoms with van der Waals surface area (Å²) in [6.45, 7) is 6.53. The largest absolute Gasteiger partial charge is 0.331 e. The number of imidazole rings is 1. The van der Waals surface area contributed by atoms with E-state index in [0.29, 0.717) is 18.9 Å². The fourth-order valence-corrected chi connectivity index (χ4v) is 3.69. The van der Waals surface area contributed by atoms with Gasteiger partial charge in [0.05, 0.1) is 16.8 Å². The molecule has 2 aromatic rings. The molecule has 0 saturated carbocycles. The summed E-state index contributed by atoms with van der Waals surface area (Å²) in [6.07, 6.45) is 1.56. The first-order valence-electron chi connectivity index (χ1n) is 7.76. The third kappa shape index (κ3) is 3.87. The zero-order valence-electron chi connectivity index (χ0n) is 13.8. The van der Waals surface area contributed by atoms with Gasteiger partial charge in [0.2, 0.25) is 10.0 Å². The highest BCUT2D eigenvalue weighted by Crippen LogP contribution is 2.21. The zero-order valence-corrected chi connectivity index (χ0v) is 14.6. The van der Waals surface area contributed by atoms with Crippen molar-refractivity contribution in [2.75, 3.05) is 5.75 Å². The van der Waals surface area contributed by atoms with Crippen molar-refractivity contribution < 1.29 is 8.42 Å². The summed E-state index contributed by atoms with van der Waals surface area (Å²) in [5.41, 5.74) is 2.92. The Hall–Kier alpha value is -1.40. The molecular formula is C16H25N3O2S. The molecule has 0 fully saturated rings. The van der Waals surface area contributed by atoms with E-state index in [1.165, 1.54) is 0 Å². The Morgan fingerprint density at radius 2 is 2.05 bits per heavy atom. The maximum atomic E-state index is 11.8. The molecule has 0 atom stereocenters. The highest BCUT2D eigenvalue weighted by atomic mass is 32.2. The molecule has 0 bridgehead atoms. The summed E-state index contributed by atoms with van der Waals surface area (Å²) in [4.78, 5) is 4.65. The predicted molar refractivity (Wildman–Crippen MR) is 90.3 cm³/mol. The van der Waals surface area contributed by atoms with E-state index in [-0.39, 0.29) is 5.75 Å². The van der Waals surface area contributed by atoms with Crippen LogP contribution in [0.2, 0.25) is 0 Å². The quantitative estimate of drug-likeness (QED) is 0.852. The maximum Gasteiger partial charge on any atom is 0.211 e. The van der Waals surface area contributed by atoms with E-state index in [0.717, 1.165) is 28.8 Å². The average Bonchev–Trinajstić information content (AvgIpc) is 2.80. The van der Waals surface area contributed by atoms with E-state index in [9.17, 15) is 8.42 Å². The Labute approximate surface area is 132 Å². The molecule has 6 heteroatoms. The number of unbranched alkanes of at least 4 members (excludes halogenated alkanes) is 1. The summed E-state index contributed by atoms with van der Waals surface area (Å²) >= 11 is 0. The Morgan fingerprint density at radius 1 is 1.32 bits per heavy atom. The normalized spacial score (nSPS) is 12.4. The molecule has 22 heavy (non-hydrogen) atoms. The van der Waals surface area contributed by atoms with Crippen LogP contribution in [0.5, 0.6) is 0 Å². The second-order valence-electron chi connectivity index (χ2n) is 6.00. The third-order valence-electron chi connectivity index (χ3n) is 3.76. The fraction of sp³-hybridized carbons (Fsp3) is 0.562. The van der Waals surface area contributed by atoms with Gasteiger partial charge in [-0.2, -0.15) is 0 Å². The van der Waals surface area contributed by atoms with Crippen LogP contribution in [0.15, 0.2) is 18.2 Å². The molecule has 1 heterocycles. The number of aromatic nitrogens is 2. The van der Waals surface area contributed by atoms with Gasteiger partial charge in [0.25, 0.3) is 0 Å². The van der Waals surface area contributed by atoms with Crippen LogP contribution in [0, 0.1) is 0 Å². The maximum absolute atomic E-state index is 11.8. The number of sulfonamides is 1. The van der Waals surface area contributed by atoms with Crippen LogP contribution in [0.25, 0.3) is 11.0 Å². The van der Waals surface area contributed by atoms with Crippen molar-refractivity contribution in [3.8, 4) is 0 Å². The number of fused-ring (bicyclic) bond motifs is 1. The van der Waals surface area contributed by atoms with Crippen LogP contribution < -0.4 is 4.72 Å². The molecule has 0 radical (unpaired) electrons. The second kappa shape index (κ2) is 6.79. The number of benzene rings is 1. The standard InChI is InChI=1S/C16H25N3O2S/c1-5-6-9-22(20,21)17-11-13-7-8-15-14(10-13)18-16(12(2)3)19(15)4/h7-8,10,12,17H,5-6,9,11H2,1-4H3. The lowest BCUT2D eigenvalue weighted by Crippen LogP contribution is -2.25. The first kappa shape index (κ1) is 17.0. The number of rotatable bonds is 7. The lowest BCUT2D eigenvalue weighted by atomic mass is 10.2. The molecule has 1 aromatic carbocycles. The van der Waals surface area contributed by atoms with Crippen LogP contribution in [0.4, 0.5) is 0 Å². The minimum absolute atomic E-state index is 0.187. The van der Waals surface area contributed by atoms with E-state index >= 15 is 0 Å². The van der Waals surface area contributed by atoms with Crippen LogP contribution in [-0.4, -0.2) is 23.7 Å². The van der Waals surface area contributed by atoms with Gasteiger partial charge in [0.15, 0.2) is 0 Å². The number of nitrogens with zero attached hydrogens (tertiary/aromatic N) is 2. The second-order valence-corrected chi connectivity index (χ2v) is 7.93. The van der Waals surface area contributed by atoms with Gasteiger partial charge < -0.3 is 4.57 Å². The summed E-state index contributed by atoms with van der Waals surface area (Å²) in [5, 5.41) is 0. The molecule has 1 N–H and O–H groups in total. The van der Waals surface area contributed by atoms with E-state index in [1.54, 1.807) is 0 Å². The van der Waals surface area contributed by atoms with Crippen molar-refractivity contribution in [2.24, 2.45) is 7.05 Å². The van der Waals surface area contributed by atoms with Crippen molar-refractivity contribution in [1.82, 2.24) is 14.3 Å². The fourth-order valence-electron chi connectivity index (χ4n) is 2.49. The smallest absolute Gasteiger partial charge is 0.211 e. The summed E-state index contributed by atoms with van der Waals surface area (Å²) in [6, 6.07) is 5.92. The molecule has 5 nitrogen and oxygen atoms in total. The van der Waals surface area contributed by atoms with Crippen LogP contribution >= 0.6 is 0 Å². The Bertz CT molecular complexity index is 748. The van der Waals surface area contributed by atoms with Gasteiger partial charge in [-0.25, -0.2) is 18.1 Å². The monoisotopic (exact) mass is 323 g/mol. The SMILES string of the molecule is CCCCS(=O)(=O)NCc1ccc2c(c1)nc(C(C)C)n2C. The van der Waals surface area contributed by atoms with Crippen molar-refractivity contribution in [3.63, 3.8) is 0 Å². The van der Waals surface area contributed by atoms with E-state index < -0.39 is 10.0 Å². The lowest BCUT2D eigenvalue weighted by Gasteiger charge is -2.06. The molecule has 0 saturated heterocycles. The van der Waals surface area contributed by atoms with Crippen LogP contribution in [0.3, 0.4) is 0 Å². The molecular weight excluding hydrogens is 298 g/mol. The average molecular weight is 323 g/mol. The summed E-state index contributed by atoms with van der Waals surface area (Å²) in [5.74, 6) is 1.58. The first-order chi connectivity index (χ1) is 10.3. The number of hydrogen-bond donors (Lipinski definition) is 1. The summed E-state index contributed by atoms with van der Waals surface area (Å²) in [7, 11) is -1.18. The molecule has 1 aromatic heterocycles. The number of hydrogen-bond acceptors (Lipinski definition) is 3. The molecule has 2 rings (SSSR count). The molecule has 0 aliphatic rings. The van der Waals surface area contributed by atoms with Gasteiger partial charge in [-0.1, -0.05) is 33.3 Å². The van der Waals surface area contributed by atoms with Crippen LogP contribution in [0.1, 0.15) is 50.9 Å². The molecule has 0 amide bonds. The molecule has 0 aliphatic heterocycles. The number of nitrogens with one attached hydrogen (secondary N) is 1. The Morgan fingerprint density at radius 3 is 2.68 bits per heavy atom. The van der Waals surface area contributed by atoms with Crippen LogP contribution in [-0.2, 0) is 23.6 Å². The van der Waals surface area contributed by atoms with Gasteiger partial charge in [-0.15, -0.1) is 0 Å². The van der Waals surface area contributed by atoms with Gasteiger partial charge in [-0.05, 0) is 24.1 Å². The first-order valence-corrected chi connectivity index (χ1v) is 9.42. The predicted octanol–water partition coefficient (Wildman–Crippen LogP) is 2.92.